The van der Waals surface area contributed by atoms with Crippen molar-refractivity contribution in [2.75, 3.05) is 6.61 Å². The molecule has 1 aromatic carbocycles. The number of amides is 2. The Balaban J connectivity index is 1.75. The molecule has 2 amide bonds. The summed E-state index contributed by atoms with van der Waals surface area (Å²) in [5.74, 6) is -1.16. The number of imide groups is 1. The van der Waals surface area contributed by atoms with Gasteiger partial charge in [-0.15, -0.1) is 0 Å². The molecule has 0 saturated carbocycles. The van der Waals surface area contributed by atoms with Gasteiger partial charge in [0.1, 0.15) is 30.5 Å². The van der Waals surface area contributed by atoms with Gasteiger partial charge in [-0.25, -0.2) is 9.59 Å². The van der Waals surface area contributed by atoms with E-state index in [-0.39, 0.29) is 6.61 Å². The zero-order valence-electron chi connectivity index (χ0n) is 15.4. The summed E-state index contributed by atoms with van der Waals surface area (Å²) in [6.45, 7) is -0.744. The van der Waals surface area contributed by atoms with Crippen LogP contribution in [-0.2, 0) is 16.1 Å². The standard InChI is InChI=1S/C18H19N3O9/c22-7-11-12(23)13(24)16(30-11)21-6-10(14(25)19-17(21)27)15(26)20-18(28)29-8-9-4-2-1-3-5-9/h1-6,11-13,16,22-24H,7-8H2,(H,19,25,27)(H,20,26,28)/t11-,12+,13+,16+/m0/s1. The van der Waals surface area contributed by atoms with E-state index in [4.69, 9.17) is 14.6 Å². The average Bonchev–Trinajstić information content (AvgIpc) is 3.01. The number of hydrogen-bond donors (Lipinski definition) is 5. The second-order valence-electron chi connectivity index (χ2n) is 6.45. The van der Waals surface area contributed by atoms with Gasteiger partial charge in [-0.2, -0.15) is 0 Å². The molecule has 12 heteroatoms. The first kappa shape index (κ1) is 21.4. The molecule has 3 rings (SSSR count). The molecule has 1 aromatic heterocycles. The summed E-state index contributed by atoms with van der Waals surface area (Å²) in [6, 6.07) is 8.67. The van der Waals surface area contributed by atoms with E-state index in [0.29, 0.717) is 10.1 Å². The number of nitrogens with zero attached hydrogens (tertiary/aromatic N) is 1. The van der Waals surface area contributed by atoms with E-state index in [0.717, 1.165) is 6.20 Å². The largest absolute Gasteiger partial charge is 0.444 e. The molecule has 1 saturated heterocycles. The fraction of sp³-hybridized carbons (Fsp3) is 0.333. The molecule has 0 radical (unpaired) electrons. The van der Waals surface area contributed by atoms with Gasteiger partial charge in [0.25, 0.3) is 11.5 Å². The molecule has 1 aliphatic rings. The molecule has 2 heterocycles. The van der Waals surface area contributed by atoms with E-state index in [2.05, 4.69) is 0 Å². The van der Waals surface area contributed by atoms with Crippen LogP contribution in [0.15, 0.2) is 46.1 Å². The van der Waals surface area contributed by atoms with Gasteiger partial charge in [-0.3, -0.25) is 24.5 Å². The number of aliphatic hydroxyl groups is 3. The summed E-state index contributed by atoms with van der Waals surface area (Å²) in [6.07, 6.45) is -6.09. The lowest BCUT2D eigenvalue weighted by molar-refractivity contribution is -0.0551. The normalized spacial score (nSPS) is 23.2. The lowest BCUT2D eigenvalue weighted by Crippen LogP contribution is -2.42. The molecular weight excluding hydrogens is 402 g/mol. The Morgan fingerprint density at radius 1 is 1.17 bits per heavy atom. The molecule has 1 aliphatic heterocycles. The SMILES string of the molecule is O=C(NC(=O)c1cn([C@@H]2O[C@@H](CO)[C@@H](O)[C@H]2O)c(=O)[nH]c1=O)OCc1ccccc1. The van der Waals surface area contributed by atoms with Crippen LogP contribution < -0.4 is 16.6 Å². The fourth-order valence-electron chi connectivity index (χ4n) is 2.87. The van der Waals surface area contributed by atoms with Crippen LogP contribution in [-0.4, -0.2) is 61.8 Å². The second kappa shape index (κ2) is 9.00. The predicted octanol–water partition coefficient (Wildman–Crippen LogP) is -1.79. The molecule has 2 aromatic rings. The van der Waals surface area contributed by atoms with Gasteiger partial charge in [0.15, 0.2) is 6.23 Å². The smallest absolute Gasteiger partial charge is 0.414 e. The van der Waals surface area contributed by atoms with E-state index < -0.39 is 60.0 Å². The molecule has 30 heavy (non-hydrogen) atoms. The molecular formula is C18H19N3O9. The zero-order chi connectivity index (χ0) is 21.8. The number of rotatable bonds is 5. The minimum Gasteiger partial charge on any atom is -0.444 e. The number of H-pyrrole nitrogens is 1. The van der Waals surface area contributed by atoms with Crippen molar-refractivity contribution in [1.82, 2.24) is 14.9 Å². The zero-order valence-corrected chi connectivity index (χ0v) is 15.4. The third kappa shape index (κ3) is 4.46. The van der Waals surface area contributed by atoms with Crippen molar-refractivity contribution in [2.24, 2.45) is 0 Å². The molecule has 0 bridgehead atoms. The summed E-state index contributed by atoms with van der Waals surface area (Å²) in [7, 11) is 0. The maximum Gasteiger partial charge on any atom is 0.414 e. The number of carbonyl (C=O) groups is 2. The van der Waals surface area contributed by atoms with Crippen LogP contribution in [0.4, 0.5) is 4.79 Å². The average molecular weight is 421 g/mol. The molecule has 0 unspecified atom stereocenters. The Labute approximate surface area is 168 Å². The first-order chi connectivity index (χ1) is 14.3. The Morgan fingerprint density at radius 3 is 2.50 bits per heavy atom. The molecule has 12 nitrogen and oxygen atoms in total. The van der Waals surface area contributed by atoms with Crippen LogP contribution >= 0.6 is 0 Å². The number of benzene rings is 1. The topological polar surface area (TPSA) is 180 Å². The van der Waals surface area contributed by atoms with Crippen LogP contribution in [0.25, 0.3) is 0 Å². The first-order valence-corrected chi connectivity index (χ1v) is 8.81. The first-order valence-electron chi connectivity index (χ1n) is 8.81. The van der Waals surface area contributed by atoms with E-state index in [9.17, 15) is 29.4 Å². The summed E-state index contributed by atoms with van der Waals surface area (Å²) in [5, 5.41) is 30.9. The van der Waals surface area contributed by atoms with Gasteiger partial charge in [-0.1, -0.05) is 30.3 Å². The van der Waals surface area contributed by atoms with E-state index in [1.807, 2.05) is 10.3 Å². The molecule has 4 atom stereocenters. The van der Waals surface area contributed by atoms with Crippen molar-refractivity contribution in [3.63, 3.8) is 0 Å². The van der Waals surface area contributed by atoms with Crippen LogP contribution in [0, 0.1) is 0 Å². The van der Waals surface area contributed by atoms with E-state index in [1.54, 1.807) is 30.3 Å². The van der Waals surface area contributed by atoms with Gasteiger partial charge in [0, 0.05) is 6.20 Å². The number of alkyl carbamates (subject to hydrolysis) is 1. The Kier molecular flexibility index (Phi) is 6.42. The number of aromatic amines is 1. The predicted molar refractivity (Wildman–Crippen MR) is 98.4 cm³/mol. The third-order valence-corrected chi connectivity index (χ3v) is 4.43. The number of aromatic nitrogens is 2. The molecule has 5 N–H and O–H groups in total. The second-order valence-corrected chi connectivity index (χ2v) is 6.45. The maximum absolute atomic E-state index is 12.3. The molecule has 0 spiro atoms. The van der Waals surface area contributed by atoms with E-state index in [1.165, 1.54) is 0 Å². The summed E-state index contributed by atoms with van der Waals surface area (Å²) in [5.41, 5.74) is -2.07. The van der Waals surface area contributed by atoms with Crippen molar-refractivity contribution >= 4 is 12.0 Å². The van der Waals surface area contributed by atoms with Crippen LogP contribution in [0.2, 0.25) is 0 Å². The Hall–Kier alpha value is -3.32. The quantitative estimate of drug-likeness (QED) is 0.373. The summed E-state index contributed by atoms with van der Waals surface area (Å²) < 4.78 is 10.8. The Morgan fingerprint density at radius 2 is 1.87 bits per heavy atom. The van der Waals surface area contributed by atoms with Gasteiger partial charge in [-0.05, 0) is 5.56 Å². The molecule has 160 valence electrons. The third-order valence-electron chi connectivity index (χ3n) is 4.43. The van der Waals surface area contributed by atoms with Crippen molar-refractivity contribution in [3.8, 4) is 0 Å². The van der Waals surface area contributed by atoms with Crippen molar-refractivity contribution < 1.29 is 34.4 Å². The molecule has 1 fully saturated rings. The maximum atomic E-state index is 12.3. The highest BCUT2D eigenvalue weighted by molar-refractivity contribution is 6.02. The monoisotopic (exact) mass is 421 g/mol. The molecule has 0 aliphatic carbocycles. The number of carbonyl (C=O) groups excluding carboxylic acids is 2. The van der Waals surface area contributed by atoms with Crippen molar-refractivity contribution in [2.45, 2.75) is 31.1 Å². The van der Waals surface area contributed by atoms with Gasteiger partial charge in [0.05, 0.1) is 6.61 Å². The van der Waals surface area contributed by atoms with Gasteiger partial charge in [0.2, 0.25) is 0 Å². The minimum atomic E-state index is -1.61. The van der Waals surface area contributed by atoms with E-state index >= 15 is 0 Å². The highest BCUT2D eigenvalue weighted by Gasteiger charge is 2.44. The van der Waals surface area contributed by atoms with Crippen LogP contribution in [0.5, 0.6) is 0 Å². The number of aliphatic hydroxyl groups excluding tert-OH is 3. The minimum absolute atomic E-state index is 0.113. The fourth-order valence-corrected chi connectivity index (χ4v) is 2.87. The summed E-state index contributed by atoms with van der Waals surface area (Å²) in [4.78, 5) is 50.1. The van der Waals surface area contributed by atoms with Gasteiger partial charge < -0.3 is 24.8 Å². The lowest BCUT2D eigenvalue weighted by atomic mass is 10.1. The van der Waals surface area contributed by atoms with Crippen LogP contribution in [0.3, 0.4) is 0 Å². The van der Waals surface area contributed by atoms with Gasteiger partial charge >= 0.3 is 11.8 Å². The number of nitrogens with one attached hydrogen (secondary N) is 2. The highest BCUT2D eigenvalue weighted by atomic mass is 16.6. The highest BCUT2D eigenvalue weighted by Crippen LogP contribution is 2.27. The Bertz CT molecular complexity index is 1030. The summed E-state index contributed by atoms with van der Waals surface area (Å²) >= 11 is 0. The lowest BCUT2D eigenvalue weighted by Gasteiger charge is -2.17. The van der Waals surface area contributed by atoms with Crippen molar-refractivity contribution in [3.05, 3.63) is 68.5 Å². The number of hydrogen-bond acceptors (Lipinski definition) is 9. The van der Waals surface area contributed by atoms with Crippen molar-refractivity contribution in [1.29, 1.82) is 0 Å². The van der Waals surface area contributed by atoms with Crippen LogP contribution in [0.1, 0.15) is 22.1 Å². The number of ether oxygens (including phenoxy) is 2.